The first-order chi connectivity index (χ1) is 7.90. The molecular weight excluding hydrogens is 241 g/mol. The molecule has 0 saturated carbocycles. The Morgan fingerprint density at radius 1 is 1.47 bits per heavy atom. The lowest BCUT2D eigenvalue weighted by Crippen LogP contribution is -2.44. The third kappa shape index (κ3) is 3.43. The van der Waals surface area contributed by atoms with Gasteiger partial charge < -0.3 is 4.90 Å². The van der Waals surface area contributed by atoms with E-state index in [1.54, 1.807) is 13.0 Å². The summed E-state index contributed by atoms with van der Waals surface area (Å²) < 4.78 is 13.4. The molecule has 0 fully saturated rings. The van der Waals surface area contributed by atoms with Crippen LogP contribution in [0.4, 0.5) is 4.39 Å². The molecule has 94 valence electrons. The maximum atomic E-state index is 13.4. The van der Waals surface area contributed by atoms with E-state index >= 15 is 0 Å². The minimum atomic E-state index is -0.425. The van der Waals surface area contributed by atoms with Gasteiger partial charge in [0, 0.05) is 5.54 Å². The Balaban J connectivity index is 2.89. The molecule has 0 bridgehead atoms. The summed E-state index contributed by atoms with van der Waals surface area (Å²) in [6.45, 7) is 5.53. The fourth-order valence-corrected chi connectivity index (χ4v) is 2.06. The minimum absolute atomic E-state index is 0.130. The number of rotatable bonds is 5. The highest BCUT2D eigenvalue weighted by molar-refractivity contribution is 6.18. The molecule has 0 saturated heterocycles. The predicted molar refractivity (Wildman–Crippen MR) is 67.5 cm³/mol. The third-order valence-corrected chi connectivity index (χ3v) is 3.16. The average molecular weight is 258 g/mol. The number of carbonyl (C=O) groups excluding carboxylic acids is 1. The van der Waals surface area contributed by atoms with E-state index in [1.165, 1.54) is 11.0 Å². The van der Waals surface area contributed by atoms with Crippen LogP contribution in [0, 0.1) is 12.7 Å². The molecule has 0 radical (unpaired) electrons. The van der Waals surface area contributed by atoms with Crippen molar-refractivity contribution in [1.82, 2.24) is 4.90 Å². The molecule has 0 atom stereocenters. The molecule has 0 aliphatic heterocycles. The molecule has 0 aromatic heterocycles. The highest BCUT2D eigenvalue weighted by Crippen LogP contribution is 2.21. The van der Waals surface area contributed by atoms with E-state index < -0.39 is 5.54 Å². The van der Waals surface area contributed by atoms with Gasteiger partial charge in [-0.25, -0.2) is 4.39 Å². The van der Waals surface area contributed by atoms with Crippen molar-refractivity contribution in [1.29, 1.82) is 0 Å². The SMILES string of the molecule is Cc1ccc(CC(C)(C)N(C=O)CCl)cc1F. The van der Waals surface area contributed by atoms with Crippen LogP contribution >= 0.6 is 11.6 Å². The monoisotopic (exact) mass is 257 g/mol. The van der Waals surface area contributed by atoms with Crippen molar-refractivity contribution < 1.29 is 9.18 Å². The highest BCUT2D eigenvalue weighted by atomic mass is 35.5. The third-order valence-electron chi connectivity index (χ3n) is 2.91. The van der Waals surface area contributed by atoms with Crippen LogP contribution in [-0.2, 0) is 11.2 Å². The Morgan fingerprint density at radius 2 is 2.12 bits per heavy atom. The standard InChI is InChI=1S/C13H17ClFNO/c1-10-4-5-11(6-12(10)15)7-13(2,3)16(8-14)9-17/h4-6,9H,7-8H2,1-3H3. The molecule has 0 heterocycles. The van der Waals surface area contributed by atoms with Gasteiger partial charge in [0.05, 0.1) is 6.00 Å². The second kappa shape index (κ2) is 5.50. The van der Waals surface area contributed by atoms with E-state index in [1.807, 2.05) is 19.9 Å². The predicted octanol–water partition coefficient (Wildman–Crippen LogP) is 3.11. The topological polar surface area (TPSA) is 20.3 Å². The van der Waals surface area contributed by atoms with Gasteiger partial charge in [-0.3, -0.25) is 4.79 Å². The van der Waals surface area contributed by atoms with Gasteiger partial charge in [0.15, 0.2) is 0 Å². The largest absolute Gasteiger partial charge is 0.326 e. The molecule has 0 aliphatic carbocycles. The second-order valence-electron chi connectivity index (χ2n) is 4.77. The van der Waals surface area contributed by atoms with E-state index in [4.69, 9.17) is 11.6 Å². The van der Waals surface area contributed by atoms with Gasteiger partial charge >= 0.3 is 0 Å². The summed E-state index contributed by atoms with van der Waals surface area (Å²) in [5.74, 6) is -0.221. The van der Waals surface area contributed by atoms with Crippen molar-refractivity contribution in [2.75, 3.05) is 6.00 Å². The molecule has 0 unspecified atom stereocenters. The van der Waals surface area contributed by atoms with Gasteiger partial charge in [-0.2, -0.15) is 0 Å². The number of benzene rings is 1. The van der Waals surface area contributed by atoms with Crippen LogP contribution in [0.5, 0.6) is 0 Å². The summed E-state index contributed by atoms with van der Waals surface area (Å²) in [4.78, 5) is 12.4. The van der Waals surface area contributed by atoms with Crippen molar-refractivity contribution in [3.05, 3.63) is 35.1 Å². The van der Waals surface area contributed by atoms with Crippen molar-refractivity contribution in [2.24, 2.45) is 0 Å². The van der Waals surface area contributed by atoms with Crippen LogP contribution in [-0.4, -0.2) is 22.9 Å². The molecule has 4 heteroatoms. The van der Waals surface area contributed by atoms with Crippen LogP contribution in [0.1, 0.15) is 25.0 Å². The lowest BCUT2D eigenvalue weighted by Gasteiger charge is -2.34. The molecule has 0 spiro atoms. The van der Waals surface area contributed by atoms with Crippen LogP contribution in [0.15, 0.2) is 18.2 Å². The fraction of sp³-hybridized carbons (Fsp3) is 0.462. The van der Waals surface area contributed by atoms with Gasteiger partial charge in [0.25, 0.3) is 0 Å². The number of carbonyl (C=O) groups is 1. The lowest BCUT2D eigenvalue weighted by atomic mass is 9.93. The number of hydrogen-bond acceptors (Lipinski definition) is 1. The van der Waals surface area contributed by atoms with Crippen LogP contribution < -0.4 is 0 Å². The van der Waals surface area contributed by atoms with E-state index in [2.05, 4.69) is 0 Å². The van der Waals surface area contributed by atoms with E-state index in [0.29, 0.717) is 12.0 Å². The zero-order valence-corrected chi connectivity index (χ0v) is 11.1. The summed E-state index contributed by atoms with van der Waals surface area (Å²) in [6, 6.07) is 5.25. The Kier molecular flexibility index (Phi) is 4.52. The summed E-state index contributed by atoms with van der Waals surface area (Å²) in [6.07, 6.45) is 1.28. The fourth-order valence-electron chi connectivity index (χ4n) is 1.68. The Hall–Kier alpha value is -1.09. The van der Waals surface area contributed by atoms with Gasteiger partial charge in [0.1, 0.15) is 5.82 Å². The Morgan fingerprint density at radius 3 is 2.59 bits per heavy atom. The van der Waals surface area contributed by atoms with Crippen molar-refractivity contribution in [3.8, 4) is 0 Å². The molecule has 2 nitrogen and oxygen atoms in total. The molecule has 1 aromatic carbocycles. The molecule has 0 N–H and O–H groups in total. The number of aryl methyl sites for hydroxylation is 1. The van der Waals surface area contributed by atoms with E-state index in [0.717, 1.165) is 12.0 Å². The van der Waals surface area contributed by atoms with Crippen LogP contribution in [0.25, 0.3) is 0 Å². The number of alkyl halides is 1. The zero-order chi connectivity index (χ0) is 13.1. The van der Waals surface area contributed by atoms with Gasteiger partial charge in [-0.1, -0.05) is 12.1 Å². The van der Waals surface area contributed by atoms with Gasteiger partial charge in [-0.15, -0.1) is 11.6 Å². The maximum absolute atomic E-state index is 13.4. The van der Waals surface area contributed by atoms with Crippen molar-refractivity contribution >= 4 is 18.0 Å². The normalized spacial score (nSPS) is 11.4. The first-order valence-corrected chi connectivity index (χ1v) is 5.97. The van der Waals surface area contributed by atoms with Crippen molar-refractivity contribution in [2.45, 2.75) is 32.7 Å². The molecule has 0 aliphatic rings. The van der Waals surface area contributed by atoms with Gasteiger partial charge in [0.2, 0.25) is 6.41 Å². The summed E-state index contributed by atoms with van der Waals surface area (Å²) >= 11 is 5.70. The highest BCUT2D eigenvalue weighted by Gasteiger charge is 2.25. The minimum Gasteiger partial charge on any atom is -0.326 e. The first-order valence-electron chi connectivity index (χ1n) is 5.44. The number of hydrogen-bond donors (Lipinski definition) is 0. The summed E-state index contributed by atoms with van der Waals surface area (Å²) in [7, 11) is 0. The first kappa shape index (κ1) is 14.0. The molecule has 1 rings (SSSR count). The van der Waals surface area contributed by atoms with E-state index in [9.17, 15) is 9.18 Å². The lowest BCUT2D eigenvalue weighted by molar-refractivity contribution is -0.121. The molecule has 1 amide bonds. The second-order valence-corrected chi connectivity index (χ2v) is 5.01. The smallest absolute Gasteiger partial charge is 0.211 e. The molecule has 1 aromatic rings. The average Bonchev–Trinajstić information content (AvgIpc) is 2.24. The Labute approximate surface area is 106 Å². The van der Waals surface area contributed by atoms with Crippen LogP contribution in [0.2, 0.25) is 0 Å². The molecule has 17 heavy (non-hydrogen) atoms. The number of amides is 1. The number of halogens is 2. The maximum Gasteiger partial charge on any atom is 0.211 e. The molecular formula is C13H17ClFNO. The zero-order valence-electron chi connectivity index (χ0n) is 10.3. The number of nitrogens with zero attached hydrogens (tertiary/aromatic N) is 1. The van der Waals surface area contributed by atoms with Gasteiger partial charge in [-0.05, 0) is 44.4 Å². The van der Waals surface area contributed by atoms with Crippen molar-refractivity contribution in [3.63, 3.8) is 0 Å². The Bertz CT molecular complexity index is 406. The summed E-state index contributed by atoms with van der Waals surface area (Å²) in [5, 5.41) is 0. The summed E-state index contributed by atoms with van der Waals surface area (Å²) in [5.41, 5.74) is 1.05. The van der Waals surface area contributed by atoms with Crippen LogP contribution in [0.3, 0.4) is 0 Å². The van der Waals surface area contributed by atoms with E-state index in [-0.39, 0.29) is 11.8 Å². The quantitative estimate of drug-likeness (QED) is 0.451.